The molecule has 0 radical (unpaired) electrons. The summed E-state index contributed by atoms with van der Waals surface area (Å²) in [5.74, 6) is 0.685. The van der Waals surface area contributed by atoms with E-state index in [1.54, 1.807) is 11.8 Å². The summed E-state index contributed by atoms with van der Waals surface area (Å²) in [6.07, 6.45) is 1.81. The van der Waals surface area contributed by atoms with Gasteiger partial charge in [0.1, 0.15) is 5.52 Å². The Morgan fingerprint density at radius 1 is 0.886 bits per heavy atom. The Kier molecular flexibility index (Phi) is 6.91. The first kappa shape index (κ1) is 22.9. The Hall–Kier alpha value is -3.90. The van der Waals surface area contributed by atoms with Crippen molar-refractivity contribution in [2.45, 2.75) is 30.9 Å². The number of carbonyl (C=O) groups excluding carboxylic acids is 1. The molecule has 0 bridgehead atoms. The zero-order valence-corrected chi connectivity index (χ0v) is 20.3. The number of amides is 1. The number of fused-ring (bicyclic) bond motifs is 1. The SMILES string of the molecule is Cc1cccc(CNC(=O)c2ccc(CSc3nc4cccnc4n3Cc3ccccc3)cc2)c1. The number of imidazole rings is 1. The highest BCUT2D eigenvalue weighted by Crippen LogP contribution is 2.27. The first-order valence-corrected chi connectivity index (χ1v) is 12.5. The maximum atomic E-state index is 12.6. The summed E-state index contributed by atoms with van der Waals surface area (Å²) in [6, 6.07) is 30.2. The van der Waals surface area contributed by atoms with Crippen LogP contribution < -0.4 is 5.32 Å². The van der Waals surface area contributed by atoms with Crippen LogP contribution in [0.3, 0.4) is 0 Å². The summed E-state index contributed by atoms with van der Waals surface area (Å²) in [4.78, 5) is 22.0. The Morgan fingerprint density at radius 3 is 2.49 bits per heavy atom. The van der Waals surface area contributed by atoms with Crippen molar-refractivity contribution < 1.29 is 4.79 Å². The monoisotopic (exact) mass is 478 g/mol. The van der Waals surface area contributed by atoms with Crippen LogP contribution in [-0.4, -0.2) is 20.4 Å². The van der Waals surface area contributed by atoms with E-state index in [0.717, 1.165) is 39.7 Å². The third kappa shape index (κ3) is 5.61. The van der Waals surface area contributed by atoms with Gasteiger partial charge in [0.15, 0.2) is 10.8 Å². The average molecular weight is 479 g/mol. The highest BCUT2D eigenvalue weighted by atomic mass is 32.2. The van der Waals surface area contributed by atoms with Crippen molar-refractivity contribution in [3.8, 4) is 0 Å². The molecule has 0 atom stereocenters. The molecule has 0 aliphatic heterocycles. The predicted octanol–water partition coefficient (Wildman–Crippen LogP) is 6.01. The first-order chi connectivity index (χ1) is 17.2. The standard InChI is InChI=1S/C29H26N4OS/c1-21-7-5-10-24(17-21)18-31-28(34)25-14-12-23(13-15-25)20-35-29-32-26-11-6-16-30-27(26)33(29)19-22-8-3-2-4-9-22/h2-17H,18-20H2,1H3,(H,31,34). The Balaban J connectivity index is 1.25. The molecule has 35 heavy (non-hydrogen) atoms. The van der Waals surface area contributed by atoms with E-state index in [-0.39, 0.29) is 5.91 Å². The summed E-state index contributed by atoms with van der Waals surface area (Å²) >= 11 is 1.68. The van der Waals surface area contributed by atoms with Gasteiger partial charge in [0, 0.05) is 24.1 Å². The van der Waals surface area contributed by atoms with Crippen LogP contribution in [0.2, 0.25) is 0 Å². The highest BCUT2D eigenvalue weighted by Gasteiger charge is 2.13. The molecule has 2 heterocycles. The van der Waals surface area contributed by atoms with Gasteiger partial charge in [0.2, 0.25) is 0 Å². The first-order valence-electron chi connectivity index (χ1n) is 11.6. The van der Waals surface area contributed by atoms with E-state index in [9.17, 15) is 4.79 Å². The van der Waals surface area contributed by atoms with Gasteiger partial charge in [-0.15, -0.1) is 0 Å². The molecule has 5 rings (SSSR count). The summed E-state index contributed by atoms with van der Waals surface area (Å²) in [5.41, 5.74) is 7.07. The number of nitrogens with one attached hydrogen (secondary N) is 1. The smallest absolute Gasteiger partial charge is 0.251 e. The van der Waals surface area contributed by atoms with Gasteiger partial charge >= 0.3 is 0 Å². The molecule has 1 N–H and O–H groups in total. The van der Waals surface area contributed by atoms with Crippen LogP contribution in [0.15, 0.2) is 102 Å². The second-order valence-corrected chi connectivity index (χ2v) is 9.41. The van der Waals surface area contributed by atoms with Gasteiger partial charge in [-0.1, -0.05) is 84.1 Å². The number of hydrogen-bond donors (Lipinski definition) is 1. The molecule has 6 heteroatoms. The lowest BCUT2D eigenvalue weighted by Gasteiger charge is -2.09. The fourth-order valence-electron chi connectivity index (χ4n) is 3.96. The Bertz CT molecular complexity index is 1450. The summed E-state index contributed by atoms with van der Waals surface area (Å²) in [7, 11) is 0. The Labute approximate surface area is 209 Å². The van der Waals surface area contributed by atoms with Crippen molar-refractivity contribution in [2.24, 2.45) is 0 Å². The normalized spacial score (nSPS) is 11.0. The van der Waals surface area contributed by atoms with Gasteiger partial charge < -0.3 is 5.32 Å². The molecule has 0 saturated carbocycles. The van der Waals surface area contributed by atoms with E-state index >= 15 is 0 Å². The van der Waals surface area contributed by atoms with Crippen molar-refractivity contribution in [3.63, 3.8) is 0 Å². The van der Waals surface area contributed by atoms with Crippen LogP contribution in [0.25, 0.3) is 11.2 Å². The zero-order chi connectivity index (χ0) is 24.0. The molecule has 5 aromatic rings. The number of aromatic nitrogens is 3. The number of rotatable bonds is 8. The van der Waals surface area contributed by atoms with E-state index in [1.165, 1.54) is 11.1 Å². The van der Waals surface area contributed by atoms with Crippen LogP contribution in [0.1, 0.15) is 32.6 Å². The predicted molar refractivity (Wildman–Crippen MR) is 141 cm³/mol. The van der Waals surface area contributed by atoms with Crippen molar-refractivity contribution in [1.82, 2.24) is 19.9 Å². The third-order valence-electron chi connectivity index (χ3n) is 5.77. The fraction of sp³-hybridized carbons (Fsp3) is 0.138. The molecule has 0 unspecified atom stereocenters. The topological polar surface area (TPSA) is 59.8 Å². The molecule has 0 aliphatic carbocycles. The van der Waals surface area contributed by atoms with Crippen LogP contribution in [0, 0.1) is 6.92 Å². The van der Waals surface area contributed by atoms with Crippen molar-refractivity contribution in [3.05, 3.63) is 125 Å². The number of thioether (sulfide) groups is 1. The van der Waals surface area contributed by atoms with E-state index in [1.807, 2.05) is 72.9 Å². The number of pyridine rings is 1. The zero-order valence-electron chi connectivity index (χ0n) is 19.5. The lowest BCUT2D eigenvalue weighted by Crippen LogP contribution is -2.22. The number of hydrogen-bond acceptors (Lipinski definition) is 4. The second-order valence-electron chi connectivity index (χ2n) is 8.47. The molecule has 0 aliphatic rings. The van der Waals surface area contributed by atoms with E-state index in [2.05, 4.69) is 46.1 Å². The molecular weight excluding hydrogens is 452 g/mol. The molecule has 2 aromatic heterocycles. The third-order valence-corrected chi connectivity index (χ3v) is 6.82. The molecule has 0 fully saturated rings. The number of nitrogens with zero attached hydrogens (tertiary/aromatic N) is 3. The largest absolute Gasteiger partial charge is 0.348 e. The van der Waals surface area contributed by atoms with E-state index in [4.69, 9.17) is 4.98 Å². The average Bonchev–Trinajstić information content (AvgIpc) is 3.24. The van der Waals surface area contributed by atoms with Crippen molar-refractivity contribution >= 4 is 28.8 Å². The van der Waals surface area contributed by atoms with Gasteiger partial charge in [-0.05, 0) is 47.9 Å². The van der Waals surface area contributed by atoms with Crippen LogP contribution in [0.4, 0.5) is 0 Å². The number of benzene rings is 3. The van der Waals surface area contributed by atoms with E-state index in [0.29, 0.717) is 12.1 Å². The molecule has 0 spiro atoms. The quantitative estimate of drug-likeness (QED) is 0.278. The van der Waals surface area contributed by atoms with Gasteiger partial charge in [-0.2, -0.15) is 0 Å². The van der Waals surface area contributed by atoms with E-state index < -0.39 is 0 Å². The highest BCUT2D eigenvalue weighted by molar-refractivity contribution is 7.98. The number of aryl methyl sites for hydroxylation is 1. The minimum absolute atomic E-state index is 0.0681. The van der Waals surface area contributed by atoms with Crippen LogP contribution >= 0.6 is 11.8 Å². The molecule has 0 saturated heterocycles. The Morgan fingerprint density at radius 2 is 1.69 bits per heavy atom. The van der Waals surface area contributed by atoms with Crippen molar-refractivity contribution in [2.75, 3.05) is 0 Å². The van der Waals surface area contributed by atoms with Crippen LogP contribution in [-0.2, 0) is 18.8 Å². The van der Waals surface area contributed by atoms with Gasteiger partial charge in [-0.3, -0.25) is 9.36 Å². The lowest BCUT2D eigenvalue weighted by molar-refractivity contribution is 0.0951. The molecule has 174 valence electrons. The van der Waals surface area contributed by atoms with Crippen molar-refractivity contribution in [1.29, 1.82) is 0 Å². The second kappa shape index (κ2) is 10.6. The molecule has 1 amide bonds. The minimum Gasteiger partial charge on any atom is -0.348 e. The summed E-state index contributed by atoms with van der Waals surface area (Å²) in [6.45, 7) is 3.29. The molecular formula is C29H26N4OS. The van der Waals surface area contributed by atoms with Crippen LogP contribution in [0.5, 0.6) is 0 Å². The van der Waals surface area contributed by atoms with Gasteiger partial charge in [0.25, 0.3) is 5.91 Å². The summed E-state index contributed by atoms with van der Waals surface area (Å²) in [5, 5.41) is 3.93. The fourth-order valence-corrected chi connectivity index (χ4v) is 4.92. The summed E-state index contributed by atoms with van der Waals surface area (Å²) < 4.78 is 2.17. The minimum atomic E-state index is -0.0681. The lowest BCUT2D eigenvalue weighted by atomic mass is 10.1. The van der Waals surface area contributed by atoms with Gasteiger partial charge in [0.05, 0.1) is 6.54 Å². The van der Waals surface area contributed by atoms with Gasteiger partial charge in [-0.25, -0.2) is 9.97 Å². The number of carbonyl (C=O) groups is 1. The maximum absolute atomic E-state index is 12.6. The molecule has 3 aromatic carbocycles. The maximum Gasteiger partial charge on any atom is 0.251 e. The molecule has 5 nitrogen and oxygen atoms in total.